The minimum absolute atomic E-state index is 0.232. The third kappa shape index (κ3) is 5.68. The summed E-state index contributed by atoms with van der Waals surface area (Å²) in [5, 5.41) is 6.84. The van der Waals surface area contributed by atoms with Crippen molar-refractivity contribution in [2.24, 2.45) is 0 Å². The number of aromatic amines is 1. The zero-order valence-corrected chi connectivity index (χ0v) is 22.6. The standard InChI is InChI=1S/C28H29Cl2N5O2/c1-28(2,3)37-27(36)34-11-9-21(10-12-34)35-17-20(16-33-35)19-13-23-18(14-31-26(23)32-15-19)7-8-22-24(29)5-4-6-25(22)30/h4-8,13-17,21H,9-12H2,1-3H3,(H,31,32)/b8-7+. The maximum atomic E-state index is 12.4. The van der Waals surface area contributed by atoms with E-state index < -0.39 is 5.60 Å². The Morgan fingerprint density at radius 2 is 1.84 bits per heavy atom. The van der Waals surface area contributed by atoms with Gasteiger partial charge in [-0.3, -0.25) is 4.68 Å². The van der Waals surface area contributed by atoms with Crippen LogP contribution in [0.1, 0.15) is 50.8 Å². The molecule has 1 fully saturated rings. The molecule has 0 atom stereocenters. The molecule has 1 aliphatic heterocycles. The molecule has 0 bridgehead atoms. The van der Waals surface area contributed by atoms with Crippen LogP contribution in [0.4, 0.5) is 4.79 Å². The van der Waals surface area contributed by atoms with E-state index in [9.17, 15) is 4.79 Å². The van der Waals surface area contributed by atoms with Gasteiger partial charge in [0.15, 0.2) is 0 Å². The van der Waals surface area contributed by atoms with E-state index in [2.05, 4.69) is 27.3 Å². The first-order chi connectivity index (χ1) is 17.7. The zero-order chi connectivity index (χ0) is 26.2. The molecule has 5 rings (SSSR count). The first-order valence-corrected chi connectivity index (χ1v) is 13.1. The molecule has 0 aliphatic carbocycles. The van der Waals surface area contributed by atoms with Crippen LogP contribution in [0.2, 0.25) is 10.0 Å². The van der Waals surface area contributed by atoms with Crippen LogP contribution in [0.15, 0.2) is 49.1 Å². The summed E-state index contributed by atoms with van der Waals surface area (Å²) in [6.07, 6.45) is 13.0. The predicted octanol–water partition coefficient (Wildman–Crippen LogP) is 7.48. The number of nitrogens with zero attached hydrogens (tertiary/aromatic N) is 4. The fourth-order valence-corrected chi connectivity index (χ4v) is 5.01. The normalized spacial score (nSPS) is 15.1. The Labute approximate surface area is 226 Å². The van der Waals surface area contributed by atoms with Crippen LogP contribution in [0.25, 0.3) is 34.3 Å². The number of ether oxygens (including phenoxy) is 1. The summed E-state index contributed by atoms with van der Waals surface area (Å²) in [5.41, 5.74) is 4.06. The average molecular weight is 538 g/mol. The number of aromatic nitrogens is 4. The Hall–Kier alpha value is -3.29. The smallest absolute Gasteiger partial charge is 0.410 e. The summed E-state index contributed by atoms with van der Waals surface area (Å²) in [4.78, 5) is 22.0. The summed E-state index contributed by atoms with van der Waals surface area (Å²) < 4.78 is 7.51. The molecule has 0 radical (unpaired) electrons. The van der Waals surface area contributed by atoms with Crippen molar-refractivity contribution in [1.82, 2.24) is 24.6 Å². The van der Waals surface area contributed by atoms with Crippen LogP contribution in [-0.4, -0.2) is 49.4 Å². The van der Waals surface area contributed by atoms with Crippen LogP contribution in [0.3, 0.4) is 0 Å². The van der Waals surface area contributed by atoms with E-state index in [0.717, 1.165) is 46.1 Å². The first kappa shape index (κ1) is 25.4. The van der Waals surface area contributed by atoms with Gasteiger partial charge in [-0.1, -0.05) is 41.4 Å². The maximum absolute atomic E-state index is 12.4. The maximum Gasteiger partial charge on any atom is 0.410 e. The minimum atomic E-state index is -0.489. The average Bonchev–Trinajstić information content (AvgIpc) is 3.50. The molecule has 4 aromatic rings. The molecule has 9 heteroatoms. The number of benzene rings is 1. The first-order valence-electron chi connectivity index (χ1n) is 12.3. The van der Waals surface area contributed by atoms with Crippen LogP contribution >= 0.6 is 23.2 Å². The predicted molar refractivity (Wildman–Crippen MR) is 149 cm³/mol. The number of amides is 1. The number of rotatable bonds is 4. The third-order valence-corrected chi connectivity index (χ3v) is 7.08. The quantitative estimate of drug-likeness (QED) is 0.292. The SMILES string of the molecule is CC(C)(C)OC(=O)N1CCC(n2cc(-c3cnc4[nH]cc(/C=C/c5c(Cl)cccc5Cl)c4c3)cn2)CC1. The molecule has 37 heavy (non-hydrogen) atoms. The van der Waals surface area contributed by atoms with Gasteiger partial charge < -0.3 is 14.6 Å². The van der Waals surface area contributed by atoms with E-state index in [1.807, 2.05) is 74.4 Å². The van der Waals surface area contributed by atoms with E-state index in [1.165, 1.54) is 0 Å². The molecule has 1 aromatic carbocycles. The number of fused-ring (bicyclic) bond motifs is 1. The number of piperidine rings is 1. The fraction of sp³-hybridized carbons (Fsp3) is 0.321. The summed E-state index contributed by atoms with van der Waals surface area (Å²) in [6, 6.07) is 7.81. The Balaban J connectivity index is 1.31. The highest BCUT2D eigenvalue weighted by Gasteiger charge is 2.28. The van der Waals surface area contributed by atoms with Crippen LogP contribution in [0.5, 0.6) is 0 Å². The molecule has 1 N–H and O–H groups in total. The van der Waals surface area contributed by atoms with Crippen molar-refractivity contribution in [2.45, 2.75) is 45.3 Å². The number of hydrogen-bond acceptors (Lipinski definition) is 4. The number of carbonyl (C=O) groups is 1. The van der Waals surface area contributed by atoms with Crippen molar-refractivity contribution < 1.29 is 9.53 Å². The second-order valence-electron chi connectivity index (χ2n) is 10.2. The van der Waals surface area contributed by atoms with Crippen LogP contribution in [-0.2, 0) is 4.74 Å². The van der Waals surface area contributed by atoms with Crippen LogP contribution in [0, 0.1) is 0 Å². The number of carbonyl (C=O) groups excluding carboxylic acids is 1. The van der Waals surface area contributed by atoms with Crippen molar-refractivity contribution in [2.75, 3.05) is 13.1 Å². The zero-order valence-electron chi connectivity index (χ0n) is 21.0. The lowest BCUT2D eigenvalue weighted by Gasteiger charge is -2.33. The van der Waals surface area contributed by atoms with Gasteiger partial charge in [0, 0.05) is 69.4 Å². The van der Waals surface area contributed by atoms with E-state index in [4.69, 9.17) is 27.9 Å². The van der Waals surface area contributed by atoms with Gasteiger partial charge in [-0.25, -0.2) is 9.78 Å². The third-order valence-electron chi connectivity index (χ3n) is 6.42. The number of nitrogens with one attached hydrogen (secondary N) is 1. The molecular weight excluding hydrogens is 509 g/mol. The van der Waals surface area contributed by atoms with E-state index in [1.54, 1.807) is 4.90 Å². The molecule has 0 spiro atoms. The van der Waals surface area contributed by atoms with Crippen LogP contribution < -0.4 is 0 Å². The van der Waals surface area contributed by atoms with E-state index in [0.29, 0.717) is 23.1 Å². The fourth-order valence-electron chi connectivity index (χ4n) is 4.49. The molecule has 1 amide bonds. The molecule has 1 aliphatic rings. The highest BCUT2D eigenvalue weighted by molar-refractivity contribution is 6.37. The highest BCUT2D eigenvalue weighted by Crippen LogP contribution is 2.30. The molecule has 192 valence electrons. The number of likely N-dealkylation sites (tertiary alicyclic amines) is 1. The highest BCUT2D eigenvalue weighted by atomic mass is 35.5. The Morgan fingerprint density at radius 3 is 2.54 bits per heavy atom. The topological polar surface area (TPSA) is 76.0 Å². The van der Waals surface area contributed by atoms with Crippen molar-refractivity contribution in [3.8, 4) is 11.1 Å². The summed E-state index contributed by atoms with van der Waals surface area (Å²) >= 11 is 12.6. The van der Waals surface area contributed by atoms with Crippen molar-refractivity contribution in [1.29, 1.82) is 0 Å². The van der Waals surface area contributed by atoms with Crippen molar-refractivity contribution in [3.05, 3.63) is 70.2 Å². The van der Waals surface area contributed by atoms with Gasteiger partial charge in [-0.05, 0) is 51.8 Å². The van der Waals surface area contributed by atoms with Gasteiger partial charge >= 0.3 is 6.09 Å². The van der Waals surface area contributed by atoms with E-state index >= 15 is 0 Å². The van der Waals surface area contributed by atoms with E-state index in [-0.39, 0.29) is 12.1 Å². The lowest BCUT2D eigenvalue weighted by atomic mass is 10.1. The van der Waals surface area contributed by atoms with Crippen molar-refractivity contribution in [3.63, 3.8) is 0 Å². The monoisotopic (exact) mass is 537 g/mol. The second kappa shape index (κ2) is 10.2. The Kier molecular flexibility index (Phi) is 7.01. The number of hydrogen-bond donors (Lipinski definition) is 1. The molecule has 0 saturated carbocycles. The van der Waals surface area contributed by atoms with Crippen molar-refractivity contribution >= 4 is 52.5 Å². The molecule has 4 heterocycles. The summed E-state index contributed by atoms with van der Waals surface area (Å²) in [6.45, 7) is 6.95. The number of H-pyrrole nitrogens is 1. The van der Waals surface area contributed by atoms with Gasteiger partial charge in [-0.15, -0.1) is 0 Å². The van der Waals surface area contributed by atoms with Gasteiger partial charge in [0.1, 0.15) is 11.2 Å². The Morgan fingerprint density at radius 1 is 1.11 bits per heavy atom. The summed E-state index contributed by atoms with van der Waals surface area (Å²) in [7, 11) is 0. The number of pyridine rings is 1. The molecule has 1 saturated heterocycles. The molecule has 7 nitrogen and oxygen atoms in total. The largest absolute Gasteiger partial charge is 0.444 e. The molecule has 3 aromatic heterocycles. The Bertz CT molecular complexity index is 1440. The van der Waals surface area contributed by atoms with Gasteiger partial charge in [0.25, 0.3) is 0 Å². The lowest BCUT2D eigenvalue weighted by molar-refractivity contribution is 0.0185. The lowest BCUT2D eigenvalue weighted by Crippen LogP contribution is -2.42. The van der Waals surface area contributed by atoms with Gasteiger partial charge in [0.05, 0.1) is 12.2 Å². The number of halogens is 2. The second-order valence-corrected chi connectivity index (χ2v) is 11.1. The molecule has 0 unspecified atom stereocenters. The summed E-state index contributed by atoms with van der Waals surface area (Å²) in [5.74, 6) is 0. The van der Waals surface area contributed by atoms with Gasteiger partial charge in [0.2, 0.25) is 0 Å². The minimum Gasteiger partial charge on any atom is -0.444 e. The molecular formula is C28H29Cl2N5O2. The van der Waals surface area contributed by atoms with Gasteiger partial charge in [-0.2, -0.15) is 5.10 Å².